The maximum Gasteiger partial charge on any atom is 0.289 e. The van der Waals surface area contributed by atoms with Gasteiger partial charge in [0.2, 0.25) is 5.82 Å². The number of carbonyl (C=O) groups excluding carboxylic acids is 1. The van der Waals surface area contributed by atoms with E-state index in [1.165, 1.54) is 5.56 Å². The summed E-state index contributed by atoms with van der Waals surface area (Å²) in [5.74, 6) is 0.877. The Kier molecular flexibility index (Phi) is 8.09. The minimum Gasteiger partial charge on any atom is -0.507 e. The molecular formula is C29H39N5O2. The summed E-state index contributed by atoms with van der Waals surface area (Å²) >= 11 is 0. The summed E-state index contributed by atoms with van der Waals surface area (Å²) < 4.78 is 1.78. The summed E-state index contributed by atoms with van der Waals surface area (Å²) in [5, 5.41) is 22.8. The molecule has 0 unspecified atom stereocenters. The zero-order valence-electron chi connectivity index (χ0n) is 22.2. The SMILES string of the molecule is CCN(CC)Cc1ccc(-n2c(C(=O)NC3CCCC3)nnc2-c2cc(C(C)C)c(C)cc2O)cc1. The molecule has 0 spiro atoms. The van der Waals surface area contributed by atoms with Crippen LogP contribution < -0.4 is 5.32 Å². The highest BCUT2D eigenvalue weighted by Crippen LogP contribution is 2.35. The predicted octanol–water partition coefficient (Wildman–Crippen LogP) is 5.59. The average molecular weight is 490 g/mol. The van der Waals surface area contributed by atoms with Crippen LogP contribution in [0.5, 0.6) is 5.75 Å². The van der Waals surface area contributed by atoms with Gasteiger partial charge in [0.25, 0.3) is 5.91 Å². The molecule has 36 heavy (non-hydrogen) atoms. The van der Waals surface area contributed by atoms with Crippen LogP contribution in [0, 0.1) is 6.92 Å². The van der Waals surface area contributed by atoms with E-state index in [4.69, 9.17) is 0 Å². The van der Waals surface area contributed by atoms with Crippen LogP contribution in [0.25, 0.3) is 17.1 Å². The van der Waals surface area contributed by atoms with Crippen molar-refractivity contribution in [2.45, 2.75) is 78.8 Å². The smallest absolute Gasteiger partial charge is 0.289 e. The van der Waals surface area contributed by atoms with Crippen LogP contribution in [0.4, 0.5) is 0 Å². The third-order valence-corrected chi connectivity index (χ3v) is 7.30. The van der Waals surface area contributed by atoms with Crippen molar-refractivity contribution in [3.05, 3.63) is 58.9 Å². The Morgan fingerprint density at radius 1 is 1.11 bits per heavy atom. The highest BCUT2D eigenvalue weighted by molar-refractivity contribution is 5.92. The molecule has 0 radical (unpaired) electrons. The van der Waals surface area contributed by atoms with Crippen molar-refractivity contribution in [3.8, 4) is 22.8 Å². The number of hydrogen-bond donors (Lipinski definition) is 2. The lowest BCUT2D eigenvalue weighted by Crippen LogP contribution is -2.34. The van der Waals surface area contributed by atoms with E-state index in [0.717, 1.165) is 62.1 Å². The molecule has 1 aliphatic rings. The number of rotatable bonds is 9. The van der Waals surface area contributed by atoms with Crippen LogP contribution in [0.15, 0.2) is 36.4 Å². The van der Waals surface area contributed by atoms with Crippen molar-refractivity contribution in [2.24, 2.45) is 0 Å². The Morgan fingerprint density at radius 3 is 2.39 bits per heavy atom. The second kappa shape index (κ2) is 11.2. The van der Waals surface area contributed by atoms with Crippen LogP contribution in [0.1, 0.15) is 86.6 Å². The monoisotopic (exact) mass is 489 g/mol. The van der Waals surface area contributed by atoms with Gasteiger partial charge < -0.3 is 10.4 Å². The van der Waals surface area contributed by atoms with Crippen LogP contribution in [0.3, 0.4) is 0 Å². The van der Waals surface area contributed by atoms with Gasteiger partial charge in [-0.2, -0.15) is 0 Å². The van der Waals surface area contributed by atoms with Gasteiger partial charge in [-0.25, -0.2) is 0 Å². The average Bonchev–Trinajstić information content (AvgIpc) is 3.53. The zero-order chi connectivity index (χ0) is 25.8. The van der Waals surface area contributed by atoms with Crippen molar-refractivity contribution in [1.29, 1.82) is 0 Å². The summed E-state index contributed by atoms with van der Waals surface area (Å²) in [7, 11) is 0. The number of hydrogen-bond acceptors (Lipinski definition) is 5. The highest BCUT2D eigenvalue weighted by atomic mass is 16.3. The Balaban J connectivity index is 1.79. The van der Waals surface area contributed by atoms with Gasteiger partial charge >= 0.3 is 0 Å². The molecule has 1 amide bonds. The van der Waals surface area contributed by atoms with Gasteiger partial charge in [0.15, 0.2) is 5.82 Å². The second-order valence-electron chi connectivity index (χ2n) is 10.1. The number of benzene rings is 2. The number of phenols is 1. The molecule has 1 fully saturated rings. The van der Waals surface area contributed by atoms with E-state index in [1.54, 1.807) is 10.6 Å². The topological polar surface area (TPSA) is 83.3 Å². The molecule has 2 aromatic carbocycles. The lowest BCUT2D eigenvalue weighted by molar-refractivity contribution is 0.0925. The molecule has 2 N–H and O–H groups in total. The molecule has 192 valence electrons. The van der Waals surface area contributed by atoms with E-state index in [2.05, 4.69) is 60.2 Å². The molecule has 0 atom stereocenters. The van der Waals surface area contributed by atoms with Crippen LogP contribution in [-0.2, 0) is 6.54 Å². The van der Waals surface area contributed by atoms with Crippen molar-refractivity contribution >= 4 is 5.91 Å². The quantitative estimate of drug-likeness (QED) is 0.410. The van der Waals surface area contributed by atoms with E-state index in [9.17, 15) is 9.90 Å². The second-order valence-corrected chi connectivity index (χ2v) is 10.1. The fourth-order valence-corrected chi connectivity index (χ4v) is 5.14. The number of aromatic hydroxyl groups is 1. The number of aromatic nitrogens is 3. The van der Waals surface area contributed by atoms with Crippen molar-refractivity contribution in [1.82, 2.24) is 25.0 Å². The Hall–Kier alpha value is -3.19. The molecule has 0 aliphatic heterocycles. The summed E-state index contributed by atoms with van der Waals surface area (Å²) in [5.41, 5.74) is 4.72. The van der Waals surface area contributed by atoms with Crippen LogP contribution in [-0.4, -0.2) is 49.8 Å². The molecule has 0 saturated heterocycles. The third-order valence-electron chi connectivity index (χ3n) is 7.30. The van der Waals surface area contributed by atoms with Gasteiger partial charge in [-0.15, -0.1) is 10.2 Å². The molecule has 7 heteroatoms. The molecule has 0 bridgehead atoms. The maximum absolute atomic E-state index is 13.3. The molecule has 1 aromatic heterocycles. The first kappa shape index (κ1) is 25.9. The first-order chi connectivity index (χ1) is 17.3. The molecule has 7 nitrogen and oxygen atoms in total. The van der Waals surface area contributed by atoms with Crippen LogP contribution in [0.2, 0.25) is 0 Å². The number of aryl methyl sites for hydroxylation is 1. The van der Waals surface area contributed by atoms with Crippen LogP contribution >= 0.6 is 0 Å². The lowest BCUT2D eigenvalue weighted by atomic mass is 9.95. The fourth-order valence-electron chi connectivity index (χ4n) is 5.14. The molecule has 3 aromatic rings. The number of carbonyl (C=O) groups is 1. The van der Waals surface area contributed by atoms with Crippen molar-refractivity contribution in [3.63, 3.8) is 0 Å². The Labute approximate surface area is 214 Å². The maximum atomic E-state index is 13.3. The number of amides is 1. The number of nitrogens with zero attached hydrogens (tertiary/aromatic N) is 4. The van der Waals surface area contributed by atoms with Gasteiger partial charge in [0.05, 0.1) is 5.56 Å². The first-order valence-electron chi connectivity index (χ1n) is 13.2. The van der Waals surface area contributed by atoms with Crippen molar-refractivity contribution < 1.29 is 9.90 Å². The van der Waals surface area contributed by atoms with Gasteiger partial charge in [-0.1, -0.05) is 52.7 Å². The van der Waals surface area contributed by atoms with Gasteiger partial charge in [-0.05, 0) is 79.7 Å². The molecule has 1 aliphatic carbocycles. The minimum absolute atomic E-state index is 0.131. The van der Waals surface area contributed by atoms with Gasteiger partial charge in [0, 0.05) is 18.3 Å². The summed E-state index contributed by atoms with van der Waals surface area (Å²) in [6, 6.07) is 12.1. The van der Waals surface area contributed by atoms with Gasteiger partial charge in [-0.3, -0.25) is 14.3 Å². The summed E-state index contributed by atoms with van der Waals surface area (Å²) in [4.78, 5) is 15.7. The third kappa shape index (κ3) is 5.46. The fraction of sp³-hybridized carbons (Fsp3) is 0.483. The van der Waals surface area contributed by atoms with Crippen molar-refractivity contribution in [2.75, 3.05) is 13.1 Å². The first-order valence-corrected chi connectivity index (χ1v) is 13.2. The van der Waals surface area contributed by atoms with E-state index < -0.39 is 0 Å². The van der Waals surface area contributed by atoms with Gasteiger partial charge in [0.1, 0.15) is 5.75 Å². The highest BCUT2D eigenvalue weighted by Gasteiger charge is 2.26. The minimum atomic E-state index is -0.233. The number of nitrogens with one attached hydrogen (secondary N) is 1. The normalized spacial score (nSPS) is 14.2. The molecular weight excluding hydrogens is 450 g/mol. The Morgan fingerprint density at radius 2 is 1.78 bits per heavy atom. The summed E-state index contributed by atoms with van der Waals surface area (Å²) in [6.07, 6.45) is 4.24. The zero-order valence-corrected chi connectivity index (χ0v) is 22.2. The molecule has 1 saturated carbocycles. The van der Waals surface area contributed by atoms with E-state index >= 15 is 0 Å². The number of phenolic OH excluding ortho intramolecular Hbond substituents is 1. The molecule has 4 rings (SSSR count). The van der Waals surface area contributed by atoms with E-state index in [0.29, 0.717) is 11.4 Å². The predicted molar refractivity (Wildman–Crippen MR) is 144 cm³/mol. The largest absolute Gasteiger partial charge is 0.507 e. The lowest BCUT2D eigenvalue weighted by Gasteiger charge is -2.19. The van der Waals surface area contributed by atoms with E-state index in [-0.39, 0.29) is 29.4 Å². The standard InChI is InChI=1S/C29H39N5O2/c1-6-33(7-2)18-21-12-14-23(15-13-21)34-27(25-17-24(19(3)4)20(5)16-26(25)35)31-32-28(34)29(36)30-22-10-8-9-11-22/h12-17,19,22,35H,6-11,18H2,1-5H3,(H,30,36). The Bertz CT molecular complexity index is 1190. The summed E-state index contributed by atoms with van der Waals surface area (Å²) in [6.45, 7) is 13.4. The van der Waals surface area contributed by atoms with E-state index in [1.807, 2.05) is 25.1 Å². The molecule has 1 heterocycles.